The monoisotopic (exact) mass is 284 g/mol. The van der Waals surface area contributed by atoms with Gasteiger partial charge in [0.05, 0.1) is 5.75 Å². The van der Waals surface area contributed by atoms with E-state index in [4.69, 9.17) is 5.14 Å². The normalized spacial score (nSPS) is 15.6. The Kier molecular flexibility index (Phi) is 4.71. The SMILES string of the molecule is NS(=O)(=O)CCCNc1ncnc2c1CCCCC2. The molecule has 0 radical (unpaired) electrons. The topological polar surface area (TPSA) is 98.0 Å². The molecule has 19 heavy (non-hydrogen) atoms. The molecule has 0 aromatic carbocycles. The van der Waals surface area contributed by atoms with Crippen molar-refractivity contribution in [3.63, 3.8) is 0 Å². The molecule has 0 unspecified atom stereocenters. The minimum absolute atomic E-state index is 0.00667. The van der Waals surface area contributed by atoms with Crippen LogP contribution in [0.15, 0.2) is 6.33 Å². The van der Waals surface area contributed by atoms with Gasteiger partial charge in [0.1, 0.15) is 12.1 Å². The lowest BCUT2D eigenvalue weighted by Crippen LogP contribution is -2.19. The van der Waals surface area contributed by atoms with Crippen molar-refractivity contribution in [2.24, 2.45) is 5.14 Å². The smallest absolute Gasteiger partial charge is 0.209 e. The first-order valence-corrected chi connectivity index (χ1v) is 8.35. The summed E-state index contributed by atoms with van der Waals surface area (Å²) < 4.78 is 21.7. The highest BCUT2D eigenvalue weighted by Crippen LogP contribution is 2.23. The fraction of sp³-hybridized carbons (Fsp3) is 0.667. The van der Waals surface area contributed by atoms with Crippen LogP contribution >= 0.6 is 0 Å². The summed E-state index contributed by atoms with van der Waals surface area (Å²) in [5.41, 5.74) is 2.32. The predicted octanol–water partition coefficient (Wildman–Crippen LogP) is 0.836. The van der Waals surface area contributed by atoms with Gasteiger partial charge < -0.3 is 5.32 Å². The first-order valence-electron chi connectivity index (χ1n) is 6.63. The number of nitrogens with one attached hydrogen (secondary N) is 1. The van der Waals surface area contributed by atoms with Gasteiger partial charge >= 0.3 is 0 Å². The van der Waals surface area contributed by atoms with Gasteiger partial charge in [-0.05, 0) is 32.1 Å². The Hall–Kier alpha value is -1.21. The Labute approximate surface area is 113 Å². The summed E-state index contributed by atoms with van der Waals surface area (Å²) in [4.78, 5) is 8.61. The van der Waals surface area contributed by atoms with Crippen molar-refractivity contribution in [2.75, 3.05) is 17.6 Å². The van der Waals surface area contributed by atoms with Crippen molar-refractivity contribution in [3.05, 3.63) is 17.6 Å². The molecule has 7 heteroatoms. The molecule has 1 aromatic heterocycles. The summed E-state index contributed by atoms with van der Waals surface area (Å²) in [7, 11) is -3.37. The van der Waals surface area contributed by atoms with Crippen LogP contribution in [0.1, 0.15) is 36.9 Å². The lowest BCUT2D eigenvalue weighted by molar-refractivity contribution is 0.595. The van der Waals surface area contributed by atoms with E-state index in [9.17, 15) is 8.42 Å². The Morgan fingerprint density at radius 3 is 2.79 bits per heavy atom. The molecule has 0 saturated carbocycles. The number of anilines is 1. The zero-order valence-corrected chi connectivity index (χ0v) is 11.7. The third kappa shape index (κ3) is 4.43. The molecule has 106 valence electrons. The van der Waals surface area contributed by atoms with E-state index in [-0.39, 0.29) is 5.75 Å². The number of hydrogen-bond acceptors (Lipinski definition) is 5. The maximum absolute atomic E-state index is 10.8. The molecule has 1 heterocycles. The lowest BCUT2D eigenvalue weighted by atomic mass is 10.1. The van der Waals surface area contributed by atoms with Crippen LogP contribution in [0.25, 0.3) is 0 Å². The summed E-state index contributed by atoms with van der Waals surface area (Å²) in [6.07, 6.45) is 7.61. The maximum atomic E-state index is 10.8. The van der Waals surface area contributed by atoms with Crippen LogP contribution in [-0.4, -0.2) is 30.7 Å². The van der Waals surface area contributed by atoms with Gasteiger partial charge in [-0.15, -0.1) is 0 Å². The van der Waals surface area contributed by atoms with Crippen LogP contribution in [-0.2, 0) is 22.9 Å². The molecule has 0 amide bonds. The summed E-state index contributed by atoms with van der Waals surface area (Å²) >= 11 is 0. The molecule has 0 bridgehead atoms. The zero-order valence-electron chi connectivity index (χ0n) is 10.9. The number of nitrogens with two attached hydrogens (primary N) is 1. The molecule has 2 rings (SSSR count). The van der Waals surface area contributed by atoms with Gasteiger partial charge in [0.2, 0.25) is 10.0 Å². The second-order valence-corrected chi connectivity index (χ2v) is 6.59. The van der Waals surface area contributed by atoms with Crippen LogP contribution in [0.5, 0.6) is 0 Å². The minimum Gasteiger partial charge on any atom is -0.370 e. The summed E-state index contributed by atoms with van der Waals surface area (Å²) in [6, 6.07) is 0. The van der Waals surface area contributed by atoms with E-state index in [0.717, 1.165) is 30.8 Å². The fourth-order valence-electron chi connectivity index (χ4n) is 2.33. The van der Waals surface area contributed by atoms with E-state index in [1.54, 1.807) is 6.33 Å². The molecule has 1 aromatic rings. The van der Waals surface area contributed by atoms with Crippen molar-refractivity contribution in [3.8, 4) is 0 Å². The van der Waals surface area contributed by atoms with Gasteiger partial charge in [0.25, 0.3) is 0 Å². The highest BCUT2D eigenvalue weighted by Gasteiger charge is 2.14. The number of sulfonamides is 1. The molecular weight excluding hydrogens is 264 g/mol. The van der Waals surface area contributed by atoms with Gasteiger partial charge in [-0.2, -0.15) is 0 Å². The number of rotatable bonds is 5. The first kappa shape index (κ1) is 14.2. The summed E-state index contributed by atoms with van der Waals surface area (Å²) in [5, 5.41) is 8.17. The molecule has 1 aliphatic rings. The maximum Gasteiger partial charge on any atom is 0.209 e. The van der Waals surface area contributed by atoms with Crippen molar-refractivity contribution in [1.82, 2.24) is 9.97 Å². The standard InChI is InChI=1S/C12H20N4O2S/c13-19(17,18)8-4-7-14-12-10-5-2-1-3-6-11(10)15-9-16-12/h9H,1-8H2,(H2,13,17,18)(H,14,15,16). The molecule has 0 fully saturated rings. The largest absolute Gasteiger partial charge is 0.370 e. The van der Waals surface area contributed by atoms with E-state index in [1.165, 1.54) is 18.4 Å². The van der Waals surface area contributed by atoms with Crippen LogP contribution in [0.4, 0.5) is 5.82 Å². The van der Waals surface area contributed by atoms with E-state index in [1.807, 2.05) is 0 Å². The second kappa shape index (κ2) is 6.29. The minimum atomic E-state index is -3.37. The zero-order chi connectivity index (χ0) is 13.7. The van der Waals surface area contributed by atoms with E-state index in [2.05, 4.69) is 15.3 Å². The fourth-order valence-corrected chi connectivity index (χ4v) is 2.88. The Morgan fingerprint density at radius 1 is 1.21 bits per heavy atom. The first-order chi connectivity index (χ1) is 9.06. The molecule has 3 N–H and O–H groups in total. The van der Waals surface area contributed by atoms with Gasteiger partial charge in [-0.3, -0.25) is 0 Å². The Bertz CT molecular complexity index is 531. The van der Waals surface area contributed by atoms with E-state index < -0.39 is 10.0 Å². The summed E-state index contributed by atoms with van der Waals surface area (Å²) in [5.74, 6) is 0.842. The molecule has 1 aliphatic carbocycles. The van der Waals surface area contributed by atoms with Gasteiger partial charge in [-0.1, -0.05) is 6.42 Å². The molecular formula is C12H20N4O2S. The van der Waals surface area contributed by atoms with Crippen molar-refractivity contribution in [2.45, 2.75) is 38.5 Å². The Morgan fingerprint density at radius 2 is 2.00 bits per heavy atom. The van der Waals surface area contributed by atoms with Gasteiger partial charge in [-0.25, -0.2) is 23.5 Å². The number of nitrogens with zero attached hydrogens (tertiary/aromatic N) is 2. The van der Waals surface area contributed by atoms with Crippen LogP contribution in [0.3, 0.4) is 0 Å². The predicted molar refractivity (Wildman–Crippen MR) is 74.4 cm³/mol. The van der Waals surface area contributed by atoms with Crippen molar-refractivity contribution in [1.29, 1.82) is 0 Å². The molecule has 0 spiro atoms. The average molecular weight is 284 g/mol. The number of fused-ring (bicyclic) bond motifs is 1. The molecule has 0 aliphatic heterocycles. The third-order valence-corrected chi connectivity index (χ3v) is 4.13. The lowest BCUT2D eigenvalue weighted by Gasteiger charge is -2.12. The van der Waals surface area contributed by atoms with E-state index >= 15 is 0 Å². The van der Waals surface area contributed by atoms with Crippen LogP contribution < -0.4 is 10.5 Å². The van der Waals surface area contributed by atoms with E-state index in [0.29, 0.717) is 13.0 Å². The number of aryl methyl sites for hydroxylation is 1. The average Bonchev–Trinajstić information content (AvgIpc) is 2.59. The van der Waals surface area contributed by atoms with Gasteiger partial charge in [0, 0.05) is 17.8 Å². The molecule has 0 saturated heterocycles. The molecule has 6 nitrogen and oxygen atoms in total. The second-order valence-electron chi connectivity index (χ2n) is 4.86. The van der Waals surface area contributed by atoms with Crippen LogP contribution in [0.2, 0.25) is 0 Å². The third-order valence-electron chi connectivity index (χ3n) is 3.27. The number of hydrogen-bond donors (Lipinski definition) is 2. The highest BCUT2D eigenvalue weighted by atomic mass is 32.2. The van der Waals surface area contributed by atoms with Crippen molar-refractivity contribution >= 4 is 15.8 Å². The van der Waals surface area contributed by atoms with Crippen LogP contribution in [0, 0.1) is 0 Å². The quantitative estimate of drug-likeness (QED) is 0.616. The molecule has 0 atom stereocenters. The highest BCUT2D eigenvalue weighted by molar-refractivity contribution is 7.89. The Balaban J connectivity index is 1.97. The summed E-state index contributed by atoms with van der Waals surface area (Å²) in [6.45, 7) is 0.555. The number of aromatic nitrogens is 2. The number of primary sulfonamides is 1. The van der Waals surface area contributed by atoms with Crippen molar-refractivity contribution < 1.29 is 8.42 Å². The van der Waals surface area contributed by atoms with Gasteiger partial charge in [0.15, 0.2) is 0 Å².